The Morgan fingerprint density at radius 3 is 2.25 bits per heavy atom. The molecule has 0 spiro atoms. The molecule has 0 atom stereocenters. The van der Waals surface area contributed by atoms with Gasteiger partial charge in [0.15, 0.2) is 11.6 Å². The summed E-state index contributed by atoms with van der Waals surface area (Å²) < 4.78 is 0. The lowest BCUT2D eigenvalue weighted by Crippen LogP contribution is -2.02. The van der Waals surface area contributed by atoms with E-state index in [-0.39, 0.29) is 11.6 Å². The zero-order chi connectivity index (χ0) is 16.9. The normalized spacial score (nSPS) is 12.1. The zero-order valence-corrected chi connectivity index (χ0v) is 14.3. The van der Waals surface area contributed by atoms with Crippen LogP contribution in [0.3, 0.4) is 0 Å². The van der Waals surface area contributed by atoms with Crippen molar-refractivity contribution in [3.63, 3.8) is 0 Å². The van der Waals surface area contributed by atoms with Gasteiger partial charge in [-0.25, -0.2) is 0 Å². The molecule has 1 aliphatic rings. The molecule has 0 aliphatic heterocycles. The Morgan fingerprint density at radius 2 is 1.46 bits per heavy atom. The van der Waals surface area contributed by atoms with Crippen LogP contribution >= 0.6 is 0 Å². The van der Waals surface area contributed by atoms with Crippen LogP contribution in [0.1, 0.15) is 78.1 Å². The molecular weight excluding hydrogens is 296 g/mol. The number of carbonyl (C=O) groups excluding carboxylic acids is 2. The molecule has 0 heterocycles. The number of unbranched alkanes of at least 4 members (excludes halogenated alkanes) is 5. The lowest BCUT2D eigenvalue weighted by Gasteiger charge is -2.05. The van der Waals surface area contributed by atoms with Crippen molar-refractivity contribution in [3.8, 4) is 11.1 Å². The Balaban J connectivity index is 1.65. The molecule has 0 saturated carbocycles. The number of hydrogen-bond acceptors (Lipinski definition) is 2. The first kappa shape index (κ1) is 16.6. The van der Waals surface area contributed by atoms with Crippen molar-refractivity contribution in [2.24, 2.45) is 0 Å². The summed E-state index contributed by atoms with van der Waals surface area (Å²) in [6, 6.07) is 13.2. The van der Waals surface area contributed by atoms with Gasteiger partial charge in [-0.1, -0.05) is 75.4 Å². The van der Waals surface area contributed by atoms with E-state index in [2.05, 4.69) is 6.92 Å². The van der Waals surface area contributed by atoms with E-state index in [1.807, 2.05) is 36.4 Å². The average Bonchev–Trinajstić information content (AvgIpc) is 2.90. The highest BCUT2D eigenvalue weighted by Crippen LogP contribution is 2.36. The number of Topliss-reactive ketones (excluding diaryl/α,β-unsaturated/α-hetero) is 1. The van der Waals surface area contributed by atoms with Gasteiger partial charge in [-0.2, -0.15) is 0 Å². The second-order valence-electron chi connectivity index (χ2n) is 6.58. The van der Waals surface area contributed by atoms with Crippen LogP contribution in [0, 0.1) is 0 Å². The summed E-state index contributed by atoms with van der Waals surface area (Å²) in [6.45, 7) is 2.21. The summed E-state index contributed by atoms with van der Waals surface area (Å²) in [5.74, 6) is 0.187. The quantitative estimate of drug-likeness (QED) is 0.386. The Morgan fingerprint density at radius 1 is 0.792 bits per heavy atom. The third kappa shape index (κ3) is 3.33. The van der Waals surface area contributed by atoms with Crippen LogP contribution < -0.4 is 0 Å². The molecule has 0 amide bonds. The van der Waals surface area contributed by atoms with Crippen LogP contribution in [0.2, 0.25) is 0 Å². The second-order valence-corrected chi connectivity index (χ2v) is 6.58. The summed E-state index contributed by atoms with van der Waals surface area (Å²) in [7, 11) is 0. The Kier molecular flexibility index (Phi) is 5.24. The van der Waals surface area contributed by atoms with Crippen molar-refractivity contribution in [3.05, 3.63) is 59.2 Å². The van der Waals surface area contributed by atoms with Gasteiger partial charge >= 0.3 is 0 Å². The van der Waals surface area contributed by atoms with Crippen molar-refractivity contribution >= 4 is 11.6 Å². The fourth-order valence-corrected chi connectivity index (χ4v) is 3.41. The molecule has 0 aromatic heterocycles. The number of hydrogen-bond donors (Lipinski definition) is 0. The molecule has 0 radical (unpaired) electrons. The van der Waals surface area contributed by atoms with Crippen molar-refractivity contribution < 1.29 is 9.59 Å². The van der Waals surface area contributed by atoms with Crippen LogP contribution in [-0.4, -0.2) is 11.6 Å². The molecule has 0 unspecified atom stereocenters. The van der Waals surface area contributed by atoms with E-state index >= 15 is 0 Å². The lowest BCUT2D eigenvalue weighted by molar-refractivity contribution is 0.0979. The molecule has 2 heteroatoms. The topological polar surface area (TPSA) is 34.1 Å². The van der Waals surface area contributed by atoms with Gasteiger partial charge in [-0.05, 0) is 23.6 Å². The number of rotatable bonds is 8. The maximum absolute atomic E-state index is 12.5. The number of fused-ring (bicyclic) bond motifs is 3. The Labute approximate surface area is 143 Å². The first-order chi connectivity index (χ1) is 11.7. The van der Waals surface area contributed by atoms with Gasteiger partial charge in [0.1, 0.15) is 0 Å². The predicted molar refractivity (Wildman–Crippen MR) is 97.6 cm³/mol. The van der Waals surface area contributed by atoms with E-state index in [0.29, 0.717) is 17.5 Å². The molecule has 124 valence electrons. The van der Waals surface area contributed by atoms with Gasteiger partial charge in [0.2, 0.25) is 0 Å². The fourth-order valence-electron chi connectivity index (χ4n) is 3.41. The molecule has 0 bridgehead atoms. The zero-order valence-electron chi connectivity index (χ0n) is 14.3. The van der Waals surface area contributed by atoms with Gasteiger partial charge in [-0.3, -0.25) is 9.59 Å². The smallest absolute Gasteiger partial charge is 0.194 e. The first-order valence-electron chi connectivity index (χ1n) is 9.03. The summed E-state index contributed by atoms with van der Waals surface area (Å²) >= 11 is 0. The van der Waals surface area contributed by atoms with E-state index in [1.165, 1.54) is 25.7 Å². The van der Waals surface area contributed by atoms with Gasteiger partial charge in [0.05, 0.1) is 0 Å². The molecular formula is C22H24O2. The van der Waals surface area contributed by atoms with Crippen molar-refractivity contribution in [1.82, 2.24) is 0 Å². The summed E-state index contributed by atoms with van der Waals surface area (Å²) in [6.07, 6.45) is 7.61. The number of benzene rings is 2. The van der Waals surface area contributed by atoms with Crippen LogP contribution in [0.4, 0.5) is 0 Å². The molecule has 2 nitrogen and oxygen atoms in total. The average molecular weight is 320 g/mol. The van der Waals surface area contributed by atoms with Gasteiger partial charge < -0.3 is 0 Å². The van der Waals surface area contributed by atoms with Gasteiger partial charge in [0.25, 0.3) is 0 Å². The van der Waals surface area contributed by atoms with E-state index in [0.717, 1.165) is 29.5 Å². The van der Waals surface area contributed by atoms with Crippen molar-refractivity contribution in [2.45, 2.75) is 51.9 Å². The van der Waals surface area contributed by atoms with Crippen LogP contribution in [-0.2, 0) is 0 Å². The highest BCUT2D eigenvalue weighted by Gasteiger charge is 2.26. The molecule has 24 heavy (non-hydrogen) atoms. The van der Waals surface area contributed by atoms with Crippen LogP contribution in [0.15, 0.2) is 42.5 Å². The maximum Gasteiger partial charge on any atom is 0.194 e. The molecule has 0 saturated heterocycles. The minimum absolute atomic E-state index is 0.0369. The molecule has 2 aromatic rings. The summed E-state index contributed by atoms with van der Waals surface area (Å²) in [4.78, 5) is 24.9. The standard InChI is InChI=1S/C22H24O2/c1-2-3-4-5-6-7-12-21(23)16-13-14-18-17-10-8-9-11-19(17)22(24)20(18)15-16/h8-11,13-15H,2-7,12H2,1H3. The molecule has 2 aromatic carbocycles. The van der Waals surface area contributed by atoms with E-state index in [4.69, 9.17) is 0 Å². The third-order valence-electron chi connectivity index (χ3n) is 4.81. The monoisotopic (exact) mass is 320 g/mol. The minimum Gasteiger partial charge on any atom is -0.294 e. The molecule has 0 fully saturated rings. The summed E-state index contributed by atoms with van der Waals surface area (Å²) in [5, 5.41) is 0. The predicted octanol–water partition coefficient (Wildman–Crippen LogP) is 5.83. The Bertz CT molecular complexity index is 758. The molecule has 0 N–H and O–H groups in total. The fraction of sp³-hybridized carbons (Fsp3) is 0.364. The number of ketones is 2. The highest BCUT2D eigenvalue weighted by molar-refractivity contribution is 6.22. The van der Waals surface area contributed by atoms with Crippen molar-refractivity contribution in [1.29, 1.82) is 0 Å². The largest absolute Gasteiger partial charge is 0.294 e. The summed E-state index contributed by atoms with van der Waals surface area (Å²) in [5.41, 5.74) is 4.01. The highest BCUT2D eigenvalue weighted by atomic mass is 16.1. The van der Waals surface area contributed by atoms with Crippen molar-refractivity contribution in [2.75, 3.05) is 0 Å². The van der Waals surface area contributed by atoms with E-state index < -0.39 is 0 Å². The van der Waals surface area contributed by atoms with Gasteiger partial charge in [0, 0.05) is 23.1 Å². The van der Waals surface area contributed by atoms with Gasteiger partial charge in [-0.15, -0.1) is 0 Å². The first-order valence-corrected chi connectivity index (χ1v) is 9.03. The second kappa shape index (κ2) is 7.57. The molecule has 3 rings (SSSR count). The minimum atomic E-state index is 0.0369. The van der Waals surface area contributed by atoms with E-state index in [1.54, 1.807) is 6.07 Å². The lowest BCUT2D eigenvalue weighted by atomic mass is 9.98. The maximum atomic E-state index is 12.5. The SMILES string of the molecule is CCCCCCCCC(=O)c1ccc2c(c1)C(=O)c1ccccc1-2. The van der Waals surface area contributed by atoms with Crippen LogP contribution in [0.25, 0.3) is 11.1 Å². The third-order valence-corrected chi connectivity index (χ3v) is 4.81. The Hall–Kier alpha value is -2.22. The van der Waals surface area contributed by atoms with Crippen LogP contribution in [0.5, 0.6) is 0 Å². The number of carbonyl (C=O) groups is 2. The molecule has 1 aliphatic carbocycles. The van der Waals surface area contributed by atoms with E-state index in [9.17, 15) is 9.59 Å².